The minimum atomic E-state index is -3.22. The van der Waals surface area contributed by atoms with Crippen molar-refractivity contribution in [2.24, 2.45) is 0 Å². The number of phenols is 1. The van der Waals surface area contributed by atoms with Crippen LogP contribution >= 0.6 is 0 Å². The van der Waals surface area contributed by atoms with E-state index in [1.54, 1.807) is 12.1 Å². The van der Waals surface area contributed by atoms with Crippen LogP contribution in [0.2, 0.25) is 0 Å². The molecule has 1 saturated heterocycles. The van der Waals surface area contributed by atoms with E-state index in [-0.39, 0.29) is 30.8 Å². The number of sulfone groups is 1. The average Bonchev–Trinajstić information content (AvgIpc) is 3.31. The number of benzene rings is 2. The van der Waals surface area contributed by atoms with Gasteiger partial charge < -0.3 is 14.6 Å². The fourth-order valence-electron chi connectivity index (χ4n) is 4.29. The van der Waals surface area contributed by atoms with Crippen LogP contribution in [0.25, 0.3) is 6.08 Å². The molecule has 164 valence electrons. The van der Waals surface area contributed by atoms with Gasteiger partial charge in [0.1, 0.15) is 23.4 Å². The number of hydrogen-bond donors (Lipinski definition) is 1. The number of aromatic hydroxyl groups is 1. The molecule has 0 bridgehead atoms. The molecule has 1 N–H and O–H groups in total. The topological polar surface area (TPSA) is 72.8 Å². The van der Waals surface area contributed by atoms with Gasteiger partial charge in [0, 0.05) is 0 Å². The highest BCUT2D eigenvalue weighted by Crippen LogP contribution is 2.39. The highest BCUT2D eigenvalue weighted by molar-refractivity contribution is 7.92. The summed E-state index contributed by atoms with van der Waals surface area (Å²) in [6.07, 6.45) is 4.41. The van der Waals surface area contributed by atoms with Gasteiger partial charge in [0.25, 0.3) is 0 Å². The molecular weight excluding hydrogens is 412 g/mol. The molecule has 0 amide bonds. The number of phenolic OH excluding ortho intramolecular Hbond substituents is 1. The van der Waals surface area contributed by atoms with Crippen molar-refractivity contribution in [2.75, 3.05) is 19.0 Å². The fraction of sp³-hybridized carbons (Fsp3) is 0.360. The highest BCUT2D eigenvalue weighted by atomic mass is 32.2. The first-order chi connectivity index (χ1) is 15.0. The van der Waals surface area contributed by atoms with Gasteiger partial charge in [-0.2, -0.15) is 0 Å². The van der Waals surface area contributed by atoms with Gasteiger partial charge in [-0.15, -0.1) is 0 Å². The van der Waals surface area contributed by atoms with E-state index in [1.807, 2.05) is 42.5 Å². The molecule has 31 heavy (non-hydrogen) atoms. The van der Waals surface area contributed by atoms with Crippen LogP contribution in [0.3, 0.4) is 0 Å². The Morgan fingerprint density at radius 1 is 1.16 bits per heavy atom. The summed E-state index contributed by atoms with van der Waals surface area (Å²) in [7, 11) is -3.22. The Bertz CT molecular complexity index is 1070. The predicted octanol–water partition coefficient (Wildman–Crippen LogP) is 4.54. The maximum absolute atomic E-state index is 12.7. The molecule has 0 radical (unpaired) electrons. The normalized spacial score (nSPS) is 22.5. The van der Waals surface area contributed by atoms with Crippen LogP contribution in [-0.4, -0.2) is 43.8 Å². The van der Waals surface area contributed by atoms with Crippen LogP contribution < -0.4 is 4.74 Å². The first kappa shape index (κ1) is 21.7. The number of ether oxygens (including phenoxy) is 2. The number of fused-ring (bicyclic) bond motifs is 1. The van der Waals surface area contributed by atoms with Crippen molar-refractivity contribution in [1.29, 1.82) is 0 Å². The Kier molecular flexibility index (Phi) is 6.49. The maximum Gasteiger partial charge on any atom is 0.163 e. The minimum Gasteiger partial charge on any atom is -0.508 e. The summed E-state index contributed by atoms with van der Waals surface area (Å²) in [4.78, 5) is 0. The van der Waals surface area contributed by atoms with Gasteiger partial charge in [-0.1, -0.05) is 48.9 Å². The molecule has 0 saturated carbocycles. The van der Waals surface area contributed by atoms with E-state index in [4.69, 9.17) is 9.47 Å². The molecule has 2 heterocycles. The van der Waals surface area contributed by atoms with Crippen molar-refractivity contribution in [3.8, 4) is 11.5 Å². The van der Waals surface area contributed by atoms with Gasteiger partial charge in [-0.05, 0) is 60.2 Å². The summed E-state index contributed by atoms with van der Waals surface area (Å²) in [6.45, 7) is 2.63. The first-order valence-electron chi connectivity index (χ1n) is 10.7. The van der Waals surface area contributed by atoms with Crippen LogP contribution in [0.1, 0.15) is 31.7 Å². The van der Waals surface area contributed by atoms with E-state index in [1.165, 1.54) is 5.57 Å². The Morgan fingerprint density at radius 3 is 2.61 bits per heavy atom. The van der Waals surface area contributed by atoms with Crippen LogP contribution in [0.5, 0.6) is 11.5 Å². The molecule has 2 aromatic carbocycles. The SMILES string of the molecule is CC/C(=C\c1ccc(O)cc1)CC[C@H]1OC[C@H]2C1=C(COc1ccccc1)CS2(=O)=O. The second-order valence-corrected chi connectivity index (χ2v) is 10.2. The minimum absolute atomic E-state index is 0.0592. The highest BCUT2D eigenvalue weighted by Gasteiger charge is 2.46. The maximum atomic E-state index is 12.7. The third-order valence-electron chi connectivity index (χ3n) is 5.96. The van der Waals surface area contributed by atoms with Gasteiger partial charge in [0.05, 0.1) is 18.5 Å². The third kappa shape index (κ3) is 5.02. The summed E-state index contributed by atoms with van der Waals surface area (Å²) in [5.74, 6) is 1.04. The summed E-state index contributed by atoms with van der Waals surface area (Å²) < 4.78 is 37.1. The second-order valence-electron chi connectivity index (χ2n) is 8.06. The molecule has 2 atom stereocenters. The van der Waals surface area contributed by atoms with Gasteiger partial charge in [0.15, 0.2) is 9.84 Å². The molecule has 1 fully saturated rings. The van der Waals surface area contributed by atoms with Crippen molar-refractivity contribution in [3.63, 3.8) is 0 Å². The quantitative estimate of drug-likeness (QED) is 0.610. The van der Waals surface area contributed by atoms with E-state index in [0.717, 1.165) is 41.7 Å². The van der Waals surface area contributed by atoms with Gasteiger partial charge in [-0.25, -0.2) is 8.42 Å². The molecular formula is C25H28O5S. The van der Waals surface area contributed by atoms with E-state index in [0.29, 0.717) is 0 Å². The zero-order chi connectivity index (χ0) is 21.8. The number of hydrogen-bond acceptors (Lipinski definition) is 5. The summed E-state index contributed by atoms with van der Waals surface area (Å²) in [5.41, 5.74) is 4.06. The van der Waals surface area contributed by atoms with Gasteiger partial charge in [-0.3, -0.25) is 0 Å². The van der Waals surface area contributed by atoms with E-state index >= 15 is 0 Å². The van der Waals surface area contributed by atoms with Crippen molar-refractivity contribution in [2.45, 2.75) is 37.5 Å². The Hall–Kier alpha value is -2.57. The Morgan fingerprint density at radius 2 is 1.90 bits per heavy atom. The molecule has 2 aromatic rings. The Labute approximate surface area is 183 Å². The van der Waals surface area contributed by atoms with Crippen LogP contribution in [0.15, 0.2) is 71.3 Å². The predicted molar refractivity (Wildman–Crippen MR) is 122 cm³/mol. The lowest BCUT2D eigenvalue weighted by molar-refractivity contribution is 0.117. The van der Waals surface area contributed by atoms with Crippen LogP contribution in [0, 0.1) is 0 Å². The molecule has 0 aromatic heterocycles. The molecule has 2 aliphatic rings. The number of allylic oxidation sites excluding steroid dienone is 1. The van der Waals surface area contributed by atoms with E-state index in [9.17, 15) is 13.5 Å². The summed E-state index contributed by atoms with van der Waals surface area (Å²) >= 11 is 0. The molecule has 6 heteroatoms. The zero-order valence-electron chi connectivity index (χ0n) is 17.7. The third-order valence-corrected chi connectivity index (χ3v) is 7.97. The van der Waals surface area contributed by atoms with Crippen LogP contribution in [0.4, 0.5) is 0 Å². The van der Waals surface area contributed by atoms with Crippen LogP contribution in [-0.2, 0) is 14.6 Å². The molecule has 0 unspecified atom stereocenters. The lowest BCUT2D eigenvalue weighted by atomic mass is 9.96. The summed E-state index contributed by atoms with van der Waals surface area (Å²) in [6, 6.07) is 16.6. The smallest absolute Gasteiger partial charge is 0.163 e. The second kappa shape index (κ2) is 9.28. The lowest BCUT2D eigenvalue weighted by Crippen LogP contribution is -2.19. The average molecular weight is 441 g/mol. The number of para-hydroxylation sites is 1. The Balaban J connectivity index is 1.47. The van der Waals surface area contributed by atoms with Gasteiger partial charge in [0.2, 0.25) is 0 Å². The fourth-order valence-corrected chi connectivity index (χ4v) is 6.22. The summed E-state index contributed by atoms with van der Waals surface area (Å²) in [5, 5.41) is 8.93. The first-order valence-corrected chi connectivity index (χ1v) is 12.4. The van der Waals surface area contributed by atoms with Gasteiger partial charge >= 0.3 is 0 Å². The molecule has 0 spiro atoms. The van der Waals surface area contributed by atoms with Crippen molar-refractivity contribution in [1.82, 2.24) is 0 Å². The van der Waals surface area contributed by atoms with Crippen molar-refractivity contribution in [3.05, 3.63) is 76.9 Å². The number of rotatable bonds is 8. The lowest BCUT2D eigenvalue weighted by Gasteiger charge is -2.15. The van der Waals surface area contributed by atoms with E-state index < -0.39 is 15.1 Å². The van der Waals surface area contributed by atoms with Crippen molar-refractivity contribution >= 4 is 15.9 Å². The standard InChI is InChI=1S/C25H28O5S/c1-2-18(14-19-8-11-21(26)12-9-19)10-13-23-25-20(15-29-22-6-4-3-5-7-22)17-31(27,28)24(25)16-30-23/h3-9,11-12,14,23-24,26H,2,10,13,15-17H2,1H3/b18-14+/t23-,24+/m1/s1. The zero-order valence-corrected chi connectivity index (χ0v) is 18.5. The van der Waals surface area contributed by atoms with E-state index in [2.05, 4.69) is 13.0 Å². The molecule has 2 aliphatic heterocycles. The molecule has 0 aliphatic carbocycles. The van der Waals surface area contributed by atoms with Crippen molar-refractivity contribution < 1.29 is 23.0 Å². The monoisotopic (exact) mass is 440 g/mol. The largest absolute Gasteiger partial charge is 0.508 e. The molecule has 4 rings (SSSR count). The molecule has 5 nitrogen and oxygen atoms in total.